The highest BCUT2D eigenvalue weighted by Crippen LogP contribution is 2.08. The van der Waals surface area contributed by atoms with Gasteiger partial charge >= 0.3 is 0 Å². The van der Waals surface area contributed by atoms with E-state index in [9.17, 15) is 0 Å². The molecule has 1 aromatic heterocycles. The number of nitrogens with zero attached hydrogens (tertiary/aromatic N) is 3. The molecule has 0 aliphatic rings. The summed E-state index contributed by atoms with van der Waals surface area (Å²) in [5, 5.41) is 9.10. The lowest BCUT2D eigenvalue weighted by Gasteiger charge is -2.20. The van der Waals surface area contributed by atoms with Crippen LogP contribution in [0, 0.1) is 11.3 Å². The van der Waals surface area contributed by atoms with Crippen molar-refractivity contribution in [2.24, 2.45) is 0 Å². The Kier molecular flexibility index (Phi) is 6.56. The molecule has 0 saturated heterocycles. The van der Waals surface area contributed by atoms with Crippen LogP contribution in [0.3, 0.4) is 0 Å². The van der Waals surface area contributed by atoms with Gasteiger partial charge in [0.1, 0.15) is 5.15 Å². The van der Waals surface area contributed by atoms with Gasteiger partial charge in [-0.3, -0.25) is 4.90 Å². The molecule has 17 heavy (non-hydrogen) atoms. The number of halogens is 1. The number of aromatic nitrogens is 1. The Bertz CT molecular complexity index is 378. The first kappa shape index (κ1) is 13.9. The van der Waals surface area contributed by atoms with Gasteiger partial charge in [0.25, 0.3) is 0 Å². The molecule has 0 aromatic carbocycles. The Morgan fingerprint density at radius 3 is 2.94 bits per heavy atom. The minimum atomic E-state index is 0.495. The average Bonchev–Trinajstić information content (AvgIpc) is 2.32. The molecule has 0 saturated carbocycles. The van der Waals surface area contributed by atoms with Crippen molar-refractivity contribution in [1.29, 1.82) is 5.26 Å². The Morgan fingerprint density at radius 1 is 1.47 bits per heavy atom. The number of methoxy groups -OCH3 is 1. The van der Waals surface area contributed by atoms with Gasteiger partial charge in [-0.2, -0.15) is 5.26 Å². The third kappa shape index (κ3) is 5.64. The van der Waals surface area contributed by atoms with E-state index in [-0.39, 0.29) is 0 Å². The van der Waals surface area contributed by atoms with Gasteiger partial charge in [-0.05, 0) is 12.1 Å². The molecule has 92 valence electrons. The normalized spacial score (nSPS) is 10.5. The summed E-state index contributed by atoms with van der Waals surface area (Å²) in [6.45, 7) is 2.83. The summed E-state index contributed by atoms with van der Waals surface area (Å²) in [5.41, 5.74) is 0.909. The van der Waals surface area contributed by atoms with Crippen molar-refractivity contribution in [3.63, 3.8) is 0 Å². The fourth-order valence-electron chi connectivity index (χ4n) is 1.47. The van der Waals surface area contributed by atoms with Crippen molar-refractivity contribution in [3.8, 4) is 6.07 Å². The summed E-state index contributed by atoms with van der Waals surface area (Å²) < 4.78 is 5.04. The quantitative estimate of drug-likeness (QED) is 0.699. The summed E-state index contributed by atoms with van der Waals surface area (Å²) in [6, 6.07) is 7.70. The molecular weight excluding hydrogens is 238 g/mol. The molecule has 0 amide bonds. The van der Waals surface area contributed by atoms with Crippen LogP contribution in [0.1, 0.15) is 12.1 Å². The van der Waals surface area contributed by atoms with Crippen molar-refractivity contribution >= 4 is 11.6 Å². The zero-order valence-electron chi connectivity index (χ0n) is 9.90. The predicted molar refractivity (Wildman–Crippen MR) is 66.6 cm³/mol. The standard InChI is InChI=1S/C12H16ClN3O/c1-17-9-8-16(7-3-6-14)10-11-4-2-5-12(13)15-11/h2,4-5H,3,7-10H2,1H3. The molecule has 0 spiro atoms. The SMILES string of the molecule is COCCN(CCC#N)Cc1cccc(Cl)n1. The van der Waals surface area contributed by atoms with Crippen LogP contribution in [0.15, 0.2) is 18.2 Å². The molecule has 0 aliphatic heterocycles. The van der Waals surface area contributed by atoms with Gasteiger partial charge in [-0.25, -0.2) is 4.98 Å². The topological polar surface area (TPSA) is 49.1 Å². The van der Waals surface area contributed by atoms with Gasteiger partial charge in [-0.15, -0.1) is 0 Å². The second kappa shape index (κ2) is 8.02. The van der Waals surface area contributed by atoms with E-state index in [1.54, 1.807) is 13.2 Å². The largest absolute Gasteiger partial charge is 0.383 e. The van der Waals surface area contributed by atoms with E-state index in [0.717, 1.165) is 12.2 Å². The molecule has 1 rings (SSSR count). The van der Waals surface area contributed by atoms with Crippen LogP contribution in [0.25, 0.3) is 0 Å². The van der Waals surface area contributed by atoms with Crippen molar-refractivity contribution in [2.75, 3.05) is 26.8 Å². The van der Waals surface area contributed by atoms with Gasteiger partial charge in [0.15, 0.2) is 0 Å². The summed E-state index contributed by atoms with van der Waals surface area (Å²) in [4.78, 5) is 6.36. The zero-order chi connectivity index (χ0) is 12.5. The Labute approximate surface area is 107 Å². The van der Waals surface area contributed by atoms with Crippen molar-refractivity contribution in [1.82, 2.24) is 9.88 Å². The van der Waals surface area contributed by atoms with Crippen LogP contribution >= 0.6 is 11.6 Å². The van der Waals surface area contributed by atoms with E-state index in [1.165, 1.54) is 0 Å². The van der Waals surface area contributed by atoms with E-state index >= 15 is 0 Å². The summed E-state index contributed by atoms with van der Waals surface area (Å²) in [6.07, 6.45) is 0.504. The Balaban J connectivity index is 2.55. The predicted octanol–water partition coefficient (Wildman–Crippen LogP) is 2.10. The van der Waals surface area contributed by atoms with Gasteiger partial charge in [0.05, 0.1) is 18.4 Å². The molecule has 5 heteroatoms. The fraction of sp³-hybridized carbons (Fsp3) is 0.500. The van der Waals surface area contributed by atoms with E-state index < -0.39 is 0 Å². The van der Waals surface area contributed by atoms with Crippen molar-refractivity contribution in [3.05, 3.63) is 29.0 Å². The summed E-state index contributed by atoms with van der Waals surface area (Å²) in [7, 11) is 1.67. The first-order valence-corrected chi connectivity index (χ1v) is 5.83. The molecule has 0 bridgehead atoms. The van der Waals surface area contributed by atoms with Crippen LogP contribution in [0.4, 0.5) is 0 Å². The maximum atomic E-state index is 8.61. The molecular formula is C12H16ClN3O. The first-order chi connectivity index (χ1) is 8.26. The highest BCUT2D eigenvalue weighted by atomic mass is 35.5. The molecule has 1 aromatic rings. The summed E-state index contributed by atoms with van der Waals surface area (Å²) >= 11 is 5.83. The number of hydrogen-bond donors (Lipinski definition) is 0. The minimum Gasteiger partial charge on any atom is -0.383 e. The van der Waals surface area contributed by atoms with Crippen LogP contribution in [-0.4, -0.2) is 36.7 Å². The highest BCUT2D eigenvalue weighted by Gasteiger charge is 2.06. The molecule has 0 radical (unpaired) electrons. The van der Waals surface area contributed by atoms with Gasteiger partial charge in [-0.1, -0.05) is 17.7 Å². The number of nitriles is 1. The van der Waals surface area contributed by atoms with Gasteiger partial charge in [0, 0.05) is 33.2 Å². The Morgan fingerprint density at radius 2 is 2.29 bits per heavy atom. The number of ether oxygens (including phenoxy) is 1. The lowest BCUT2D eigenvalue weighted by atomic mass is 10.3. The molecule has 0 N–H and O–H groups in total. The number of rotatable bonds is 7. The molecule has 0 aliphatic carbocycles. The molecule has 0 fully saturated rings. The fourth-order valence-corrected chi connectivity index (χ4v) is 1.65. The second-order valence-corrected chi connectivity index (χ2v) is 4.02. The average molecular weight is 254 g/mol. The van der Waals surface area contributed by atoms with Crippen LogP contribution < -0.4 is 0 Å². The van der Waals surface area contributed by atoms with E-state index in [4.69, 9.17) is 21.6 Å². The van der Waals surface area contributed by atoms with E-state index in [0.29, 0.717) is 31.3 Å². The molecule has 1 heterocycles. The monoisotopic (exact) mass is 253 g/mol. The van der Waals surface area contributed by atoms with Gasteiger partial charge < -0.3 is 4.74 Å². The Hall–Kier alpha value is -1.15. The van der Waals surface area contributed by atoms with Crippen molar-refractivity contribution in [2.45, 2.75) is 13.0 Å². The molecule has 0 unspecified atom stereocenters. The smallest absolute Gasteiger partial charge is 0.129 e. The third-order valence-corrected chi connectivity index (χ3v) is 2.52. The maximum absolute atomic E-state index is 8.61. The van der Waals surface area contributed by atoms with Crippen LogP contribution in [0.5, 0.6) is 0 Å². The number of pyridine rings is 1. The lowest BCUT2D eigenvalue weighted by molar-refractivity contribution is 0.144. The summed E-state index contributed by atoms with van der Waals surface area (Å²) in [5.74, 6) is 0. The van der Waals surface area contributed by atoms with Crippen LogP contribution in [-0.2, 0) is 11.3 Å². The first-order valence-electron chi connectivity index (χ1n) is 5.46. The lowest BCUT2D eigenvalue weighted by Crippen LogP contribution is -2.28. The third-order valence-electron chi connectivity index (χ3n) is 2.31. The molecule has 4 nitrogen and oxygen atoms in total. The van der Waals surface area contributed by atoms with Crippen molar-refractivity contribution < 1.29 is 4.74 Å². The zero-order valence-corrected chi connectivity index (χ0v) is 10.7. The van der Waals surface area contributed by atoms with Gasteiger partial charge in [0.2, 0.25) is 0 Å². The van der Waals surface area contributed by atoms with Crippen LogP contribution in [0.2, 0.25) is 5.15 Å². The highest BCUT2D eigenvalue weighted by molar-refractivity contribution is 6.29. The minimum absolute atomic E-state index is 0.495. The van der Waals surface area contributed by atoms with E-state index in [1.807, 2.05) is 12.1 Å². The maximum Gasteiger partial charge on any atom is 0.129 e. The molecule has 0 atom stereocenters. The number of hydrogen-bond acceptors (Lipinski definition) is 4. The second-order valence-electron chi connectivity index (χ2n) is 3.63. The van der Waals surface area contributed by atoms with E-state index in [2.05, 4.69) is 16.0 Å².